The summed E-state index contributed by atoms with van der Waals surface area (Å²) >= 11 is 0. The Kier molecular flexibility index (Phi) is 4.72. The van der Waals surface area contributed by atoms with Crippen molar-refractivity contribution in [3.05, 3.63) is 71.6 Å². The molecule has 2 aliphatic heterocycles. The van der Waals surface area contributed by atoms with Gasteiger partial charge >= 0.3 is 6.61 Å². The van der Waals surface area contributed by atoms with Crippen LogP contribution in [-0.2, 0) is 6.54 Å². The Labute approximate surface area is 150 Å². The van der Waals surface area contributed by atoms with Gasteiger partial charge < -0.3 is 4.74 Å². The molecule has 2 aromatic rings. The van der Waals surface area contributed by atoms with Crippen LogP contribution in [0.1, 0.15) is 30.4 Å². The van der Waals surface area contributed by atoms with E-state index in [1.165, 1.54) is 23.8 Å². The van der Waals surface area contributed by atoms with Gasteiger partial charge in [-0.2, -0.15) is 8.78 Å². The first kappa shape index (κ1) is 17.2. The zero-order valence-electron chi connectivity index (χ0n) is 14.2. The number of rotatable bonds is 5. The van der Waals surface area contributed by atoms with Crippen LogP contribution in [0, 0.1) is 5.82 Å². The Hall–Kier alpha value is -2.27. The number of fused-ring (bicyclic) bond motifs is 2. The molecule has 4 rings (SSSR count). The van der Waals surface area contributed by atoms with Crippen molar-refractivity contribution in [1.82, 2.24) is 4.90 Å². The maximum atomic E-state index is 14.4. The highest BCUT2D eigenvalue weighted by Gasteiger charge is 2.37. The van der Waals surface area contributed by atoms with E-state index in [1.807, 2.05) is 24.3 Å². The van der Waals surface area contributed by atoms with Gasteiger partial charge in [0.05, 0.1) is 5.56 Å². The fourth-order valence-corrected chi connectivity index (χ4v) is 4.15. The fraction of sp³-hybridized carbons (Fsp3) is 0.333. The molecule has 2 atom stereocenters. The number of halogens is 3. The molecule has 2 aromatic carbocycles. The molecule has 136 valence electrons. The van der Waals surface area contributed by atoms with Gasteiger partial charge in [-0.25, -0.2) is 4.39 Å². The molecule has 0 aliphatic carbocycles. The minimum Gasteiger partial charge on any atom is -0.434 e. The van der Waals surface area contributed by atoms with Gasteiger partial charge in [0.25, 0.3) is 0 Å². The first-order valence-electron chi connectivity index (χ1n) is 8.86. The highest BCUT2D eigenvalue weighted by atomic mass is 19.3. The van der Waals surface area contributed by atoms with Gasteiger partial charge in [0.1, 0.15) is 11.6 Å². The third-order valence-electron chi connectivity index (χ3n) is 5.26. The molecular formula is C21H20F3NO. The Morgan fingerprint density at radius 2 is 1.85 bits per heavy atom. The molecule has 5 heteroatoms. The summed E-state index contributed by atoms with van der Waals surface area (Å²) in [7, 11) is 0. The lowest BCUT2D eigenvalue weighted by atomic mass is 9.93. The largest absolute Gasteiger partial charge is 0.434 e. The van der Waals surface area contributed by atoms with E-state index in [0.29, 0.717) is 12.5 Å². The standard InChI is InChI=1S/C21H20F3NO/c22-18-7-4-8-19(26-21(23)24)20(18)15-11-16-9-10-17(12-15)25(16)13-14-5-2-1-3-6-14/h1-8,11,16-17,21H,9-10,12-13H2. The summed E-state index contributed by atoms with van der Waals surface area (Å²) in [4.78, 5) is 2.42. The maximum Gasteiger partial charge on any atom is 0.387 e. The molecule has 0 N–H and O–H groups in total. The van der Waals surface area contributed by atoms with Crippen molar-refractivity contribution in [2.24, 2.45) is 0 Å². The van der Waals surface area contributed by atoms with Crippen LogP contribution in [0.15, 0.2) is 54.6 Å². The van der Waals surface area contributed by atoms with Crippen LogP contribution in [0.3, 0.4) is 0 Å². The molecule has 0 radical (unpaired) electrons. The summed E-state index contributed by atoms with van der Waals surface area (Å²) in [5.74, 6) is -0.590. The van der Waals surface area contributed by atoms with E-state index in [9.17, 15) is 13.2 Å². The van der Waals surface area contributed by atoms with E-state index in [-0.39, 0.29) is 17.4 Å². The van der Waals surface area contributed by atoms with Crippen molar-refractivity contribution in [2.75, 3.05) is 0 Å². The molecule has 2 heterocycles. The predicted molar refractivity (Wildman–Crippen MR) is 94.4 cm³/mol. The number of ether oxygens (including phenoxy) is 1. The van der Waals surface area contributed by atoms with Gasteiger partial charge in [0.2, 0.25) is 0 Å². The van der Waals surface area contributed by atoms with Crippen molar-refractivity contribution in [3.63, 3.8) is 0 Å². The van der Waals surface area contributed by atoms with E-state index in [0.717, 1.165) is 25.0 Å². The lowest BCUT2D eigenvalue weighted by Crippen LogP contribution is -2.37. The van der Waals surface area contributed by atoms with Gasteiger partial charge in [-0.3, -0.25) is 4.90 Å². The van der Waals surface area contributed by atoms with Crippen LogP contribution in [0.5, 0.6) is 5.75 Å². The number of benzene rings is 2. The van der Waals surface area contributed by atoms with Crippen molar-refractivity contribution < 1.29 is 17.9 Å². The van der Waals surface area contributed by atoms with Crippen LogP contribution < -0.4 is 4.74 Å². The number of hydrogen-bond acceptors (Lipinski definition) is 2. The normalized spacial score (nSPS) is 22.5. The third-order valence-corrected chi connectivity index (χ3v) is 5.26. The Morgan fingerprint density at radius 1 is 1.04 bits per heavy atom. The van der Waals surface area contributed by atoms with Gasteiger partial charge in [-0.1, -0.05) is 42.5 Å². The number of nitrogens with zero attached hydrogens (tertiary/aromatic N) is 1. The first-order chi connectivity index (χ1) is 12.6. The highest BCUT2D eigenvalue weighted by molar-refractivity contribution is 5.73. The molecule has 26 heavy (non-hydrogen) atoms. The fourth-order valence-electron chi connectivity index (χ4n) is 4.15. The monoisotopic (exact) mass is 359 g/mol. The van der Waals surface area contributed by atoms with E-state index in [4.69, 9.17) is 0 Å². The summed E-state index contributed by atoms with van der Waals surface area (Å²) < 4.78 is 44.4. The average Bonchev–Trinajstić information content (AvgIpc) is 2.84. The lowest BCUT2D eigenvalue weighted by molar-refractivity contribution is -0.0502. The van der Waals surface area contributed by atoms with Crippen molar-refractivity contribution in [1.29, 1.82) is 0 Å². The molecule has 2 bridgehead atoms. The van der Waals surface area contributed by atoms with Gasteiger partial charge in [-0.15, -0.1) is 0 Å². The van der Waals surface area contributed by atoms with Crippen LogP contribution in [0.2, 0.25) is 0 Å². The Morgan fingerprint density at radius 3 is 2.58 bits per heavy atom. The second-order valence-corrected chi connectivity index (χ2v) is 6.84. The Bertz CT molecular complexity index is 806. The molecule has 2 unspecified atom stereocenters. The van der Waals surface area contributed by atoms with E-state index < -0.39 is 12.4 Å². The van der Waals surface area contributed by atoms with Crippen molar-refractivity contribution >= 4 is 5.57 Å². The summed E-state index contributed by atoms with van der Waals surface area (Å²) in [6.07, 6.45) is 4.70. The molecule has 0 spiro atoms. The third kappa shape index (κ3) is 3.36. The zero-order valence-corrected chi connectivity index (χ0v) is 14.2. The predicted octanol–water partition coefficient (Wildman–Crippen LogP) is 5.25. The molecular weight excluding hydrogens is 339 g/mol. The Balaban J connectivity index is 1.62. The van der Waals surface area contributed by atoms with E-state index in [2.05, 4.69) is 21.8 Å². The molecule has 2 aliphatic rings. The number of alkyl halides is 2. The molecule has 2 nitrogen and oxygen atoms in total. The lowest BCUT2D eigenvalue weighted by Gasteiger charge is -2.34. The molecule has 0 aromatic heterocycles. The second-order valence-electron chi connectivity index (χ2n) is 6.84. The van der Waals surface area contributed by atoms with Crippen LogP contribution in [0.25, 0.3) is 5.57 Å². The van der Waals surface area contributed by atoms with Gasteiger partial charge in [0.15, 0.2) is 0 Å². The van der Waals surface area contributed by atoms with Crippen molar-refractivity contribution in [2.45, 2.75) is 44.5 Å². The van der Waals surface area contributed by atoms with Crippen LogP contribution in [0.4, 0.5) is 13.2 Å². The smallest absolute Gasteiger partial charge is 0.387 e. The summed E-state index contributed by atoms with van der Waals surface area (Å²) in [6, 6.07) is 14.8. The second kappa shape index (κ2) is 7.16. The minimum atomic E-state index is -2.97. The summed E-state index contributed by atoms with van der Waals surface area (Å²) in [5.41, 5.74) is 2.20. The van der Waals surface area contributed by atoms with Gasteiger partial charge in [-0.05, 0) is 42.5 Å². The maximum absolute atomic E-state index is 14.4. The topological polar surface area (TPSA) is 12.5 Å². The van der Waals surface area contributed by atoms with Crippen molar-refractivity contribution in [3.8, 4) is 5.75 Å². The summed E-state index contributed by atoms with van der Waals surface area (Å²) in [5, 5.41) is 0. The average molecular weight is 359 g/mol. The highest BCUT2D eigenvalue weighted by Crippen LogP contribution is 2.42. The summed E-state index contributed by atoms with van der Waals surface area (Å²) in [6.45, 7) is -2.12. The SMILES string of the molecule is Fc1cccc(OC(F)F)c1C1=CC2CCC(C1)N2Cc1ccccc1. The number of hydrogen-bond donors (Lipinski definition) is 0. The molecule has 1 fully saturated rings. The first-order valence-corrected chi connectivity index (χ1v) is 8.86. The van der Waals surface area contributed by atoms with E-state index >= 15 is 0 Å². The van der Waals surface area contributed by atoms with Crippen LogP contribution in [-0.4, -0.2) is 23.6 Å². The zero-order chi connectivity index (χ0) is 18.1. The molecule has 1 saturated heterocycles. The van der Waals surface area contributed by atoms with Crippen LogP contribution >= 0.6 is 0 Å². The van der Waals surface area contributed by atoms with Gasteiger partial charge in [0, 0.05) is 18.6 Å². The van der Waals surface area contributed by atoms with E-state index in [1.54, 1.807) is 0 Å². The molecule has 0 amide bonds. The minimum absolute atomic E-state index is 0.0813. The molecule has 0 saturated carbocycles. The quantitative estimate of drug-likeness (QED) is 0.723.